The molecule has 2 heterocycles. The molecule has 1 amide bonds. The number of rotatable bonds is 4. The molecule has 0 aliphatic carbocycles. The number of aromatic nitrogens is 3. The molecule has 19 heavy (non-hydrogen) atoms. The molecule has 0 saturated carbocycles. The topological polar surface area (TPSA) is 62.7 Å². The van der Waals surface area contributed by atoms with Crippen LogP contribution in [0.2, 0.25) is 0 Å². The van der Waals surface area contributed by atoms with Crippen molar-refractivity contribution in [3.05, 3.63) is 33.8 Å². The Kier molecular flexibility index (Phi) is 4.09. The van der Waals surface area contributed by atoms with Gasteiger partial charge in [0.25, 0.3) is 5.91 Å². The number of amides is 1. The highest BCUT2D eigenvalue weighted by Crippen LogP contribution is 2.20. The highest BCUT2D eigenvalue weighted by atomic mass is 79.9. The van der Waals surface area contributed by atoms with Crippen molar-refractivity contribution in [2.24, 2.45) is 0 Å². The molecule has 2 N–H and O–H groups in total. The van der Waals surface area contributed by atoms with Gasteiger partial charge < -0.3 is 9.88 Å². The summed E-state index contributed by atoms with van der Waals surface area (Å²) in [6.45, 7) is 6.65. The molecule has 0 atom stereocenters. The first kappa shape index (κ1) is 13.9. The number of nitrogens with one attached hydrogen (secondary N) is 2. The molecule has 0 fully saturated rings. The standard InChI is InChI=1S/C13H17BrN4O/c1-4-5-18-7-10(14)6-11(18)13(19)15-12-8(2)16-17-9(12)3/h6-7H,4-5H2,1-3H3,(H,15,19)(H,16,17). The largest absolute Gasteiger partial charge is 0.342 e. The predicted octanol–water partition coefficient (Wildman–Crippen LogP) is 3.25. The van der Waals surface area contributed by atoms with Crippen molar-refractivity contribution in [3.63, 3.8) is 0 Å². The van der Waals surface area contributed by atoms with Crippen LogP contribution >= 0.6 is 15.9 Å². The zero-order valence-corrected chi connectivity index (χ0v) is 12.8. The van der Waals surface area contributed by atoms with Crippen LogP contribution in [0.3, 0.4) is 0 Å². The van der Waals surface area contributed by atoms with E-state index in [1.165, 1.54) is 0 Å². The Morgan fingerprint density at radius 1 is 1.53 bits per heavy atom. The van der Waals surface area contributed by atoms with Gasteiger partial charge in [-0.25, -0.2) is 0 Å². The molecule has 0 aromatic carbocycles. The van der Waals surface area contributed by atoms with E-state index in [1.807, 2.05) is 30.7 Å². The maximum atomic E-state index is 12.3. The summed E-state index contributed by atoms with van der Waals surface area (Å²) in [4.78, 5) is 12.3. The second kappa shape index (κ2) is 5.61. The molecule has 0 bridgehead atoms. The average molecular weight is 325 g/mol. The van der Waals surface area contributed by atoms with Crippen molar-refractivity contribution in [2.45, 2.75) is 33.7 Å². The summed E-state index contributed by atoms with van der Waals surface area (Å²) in [6, 6.07) is 1.83. The van der Waals surface area contributed by atoms with Gasteiger partial charge in [-0.1, -0.05) is 6.92 Å². The van der Waals surface area contributed by atoms with Crippen molar-refractivity contribution in [3.8, 4) is 0 Å². The molecule has 2 aromatic heterocycles. The van der Waals surface area contributed by atoms with Gasteiger partial charge in [0.15, 0.2) is 0 Å². The van der Waals surface area contributed by atoms with Crippen molar-refractivity contribution >= 4 is 27.5 Å². The second-order valence-electron chi connectivity index (χ2n) is 4.50. The third kappa shape index (κ3) is 2.89. The SMILES string of the molecule is CCCn1cc(Br)cc1C(=O)Nc1c(C)n[nH]c1C. The van der Waals surface area contributed by atoms with Crippen LogP contribution in [0.25, 0.3) is 0 Å². The van der Waals surface area contributed by atoms with Crippen LogP contribution < -0.4 is 5.32 Å². The van der Waals surface area contributed by atoms with E-state index in [0.717, 1.165) is 34.5 Å². The quantitative estimate of drug-likeness (QED) is 0.906. The van der Waals surface area contributed by atoms with Crippen molar-refractivity contribution < 1.29 is 4.79 Å². The van der Waals surface area contributed by atoms with Crippen molar-refractivity contribution in [1.82, 2.24) is 14.8 Å². The van der Waals surface area contributed by atoms with E-state index in [9.17, 15) is 4.79 Å². The molecule has 0 spiro atoms. The number of carbonyl (C=O) groups excluding carboxylic acids is 1. The Labute approximate surface area is 120 Å². The highest BCUT2D eigenvalue weighted by Gasteiger charge is 2.16. The lowest BCUT2D eigenvalue weighted by molar-refractivity contribution is 0.101. The zero-order valence-electron chi connectivity index (χ0n) is 11.2. The van der Waals surface area contributed by atoms with Crippen LogP contribution in [-0.2, 0) is 6.54 Å². The van der Waals surface area contributed by atoms with Crippen LogP contribution in [0, 0.1) is 13.8 Å². The molecule has 2 rings (SSSR count). The van der Waals surface area contributed by atoms with Crippen LogP contribution in [0.4, 0.5) is 5.69 Å². The Morgan fingerprint density at radius 2 is 2.26 bits per heavy atom. The Hall–Kier alpha value is -1.56. The smallest absolute Gasteiger partial charge is 0.272 e. The third-order valence-corrected chi connectivity index (χ3v) is 3.36. The molecule has 0 aliphatic heterocycles. The summed E-state index contributed by atoms with van der Waals surface area (Å²) in [7, 11) is 0. The first-order chi connectivity index (χ1) is 9.02. The van der Waals surface area contributed by atoms with Crippen LogP contribution in [0.5, 0.6) is 0 Å². The van der Waals surface area contributed by atoms with Gasteiger partial charge in [-0.05, 0) is 42.3 Å². The molecular weight excluding hydrogens is 308 g/mol. The number of nitrogens with zero attached hydrogens (tertiary/aromatic N) is 2. The summed E-state index contributed by atoms with van der Waals surface area (Å²) in [5.41, 5.74) is 3.05. The van der Waals surface area contributed by atoms with Gasteiger partial charge in [0.05, 0.1) is 17.1 Å². The first-order valence-corrected chi connectivity index (χ1v) is 7.00. The van der Waals surface area contributed by atoms with Gasteiger partial charge in [0, 0.05) is 17.2 Å². The van der Waals surface area contributed by atoms with Gasteiger partial charge in [-0.2, -0.15) is 5.10 Å². The second-order valence-corrected chi connectivity index (χ2v) is 5.42. The lowest BCUT2D eigenvalue weighted by Gasteiger charge is -2.08. The van der Waals surface area contributed by atoms with Crippen molar-refractivity contribution in [2.75, 3.05) is 5.32 Å². The molecule has 2 aromatic rings. The lowest BCUT2D eigenvalue weighted by atomic mass is 10.3. The fraction of sp³-hybridized carbons (Fsp3) is 0.385. The Morgan fingerprint density at radius 3 is 2.84 bits per heavy atom. The number of hydrogen-bond donors (Lipinski definition) is 2. The van der Waals surface area contributed by atoms with Crippen LogP contribution in [-0.4, -0.2) is 20.7 Å². The Balaban J connectivity index is 2.25. The molecule has 0 unspecified atom stereocenters. The zero-order chi connectivity index (χ0) is 14.0. The number of hydrogen-bond acceptors (Lipinski definition) is 2. The van der Waals surface area contributed by atoms with E-state index in [2.05, 4.69) is 38.4 Å². The minimum atomic E-state index is -0.119. The van der Waals surface area contributed by atoms with Gasteiger partial charge in [0.1, 0.15) is 5.69 Å². The van der Waals surface area contributed by atoms with Gasteiger partial charge in [0.2, 0.25) is 0 Å². The van der Waals surface area contributed by atoms with E-state index in [4.69, 9.17) is 0 Å². The Bertz CT molecular complexity index is 580. The molecule has 0 aliphatic rings. The number of aromatic amines is 1. The first-order valence-electron chi connectivity index (χ1n) is 6.21. The number of halogens is 1. The van der Waals surface area contributed by atoms with Crippen molar-refractivity contribution in [1.29, 1.82) is 0 Å². The van der Waals surface area contributed by atoms with Gasteiger partial charge >= 0.3 is 0 Å². The third-order valence-electron chi connectivity index (χ3n) is 2.93. The molecule has 0 radical (unpaired) electrons. The van der Waals surface area contributed by atoms with E-state index in [1.54, 1.807) is 0 Å². The van der Waals surface area contributed by atoms with E-state index in [0.29, 0.717) is 5.69 Å². The fourth-order valence-corrected chi connectivity index (χ4v) is 2.47. The molecule has 5 nitrogen and oxygen atoms in total. The minimum absolute atomic E-state index is 0.119. The van der Waals surface area contributed by atoms with Crippen LogP contribution in [0.15, 0.2) is 16.7 Å². The monoisotopic (exact) mass is 324 g/mol. The highest BCUT2D eigenvalue weighted by molar-refractivity contribution is 9.10. The molecule has 6 heteroatoms. The number of aryl methyl sites for hydroxylation is 3. The lowest BCUT2D eigenvalue weighted by Crippen LogP contribution is -2.17. The summed E-state index contributed by atoms with van der Waals surface area (Å²) in [5.74, 6) is -0.119. The normalized spacial score (nSPS) is 10.7. The van der Waals surface area contributed by atoms with E-state index < -0.39 is 0 Å². The molecular formula is C13H17BrN4O. The summed E-state index contributed by atoms with van der Waals surface area (Å²) in [6.07, 6.45) is 2.90. The van der Waals surface area contributed by atoms with Gasteiger partial charge in [-0.15, -0.1) is 0 Å². The maximum absolute atomic E-state index is 12.3. The van der Waals surface area contributed by atoms with Crippen LogP contribution in [0.1, 0.15) is 35.2 Å². The molecule has 0 saturated heterocycles. The number of carbonyl (C=O) groups is 1. The van der Waals surface area contributed by atoms with E-state index in [-0.39, 0.29) is 5.91 Å². The van der Waals surface area contributed by atoms with Gasteiger partial charge in [-0.3, -0.25) is 9.89 Å². The summed E-state index contributed by atoms with van der Waals surface area (Å²) >= 11 is 3.41. The minimum Gasteiger partial charge on any atom is -0.342 e. The number of anilines is 1. The van der Waals surface area contributed by atoms with E-state index >= 15 is 0 Å². The summed E-state index contributed by atoms with van der Waals surface area (Å²) in [5, 5.41) is 9.84. The fourth-order valence-electron chi connectivity index (χ4n) is 2.00. The average Bonchev–Trinajstić information content (AvgIpc) is 2.87. The predicted molar refractivity (Wildman–Crippen MR) is 78.4 cm³/mol. The number of H-pyrrole nitrogens is 1. The summed E-state index contributed by atoms with van der Waals surface area (Å²) < 4.78 is 2.86. The maximum Gasteiger partial charge on any atom is 0.272 e. The molecule has 102 valence electrons.